The van der Waals surface area contributed by atoms with E-state index in [2.05, 4.69) is 26.6 Å². The molecule has 2 rings (SSSR count). The molecule has 0 bridgehead atoms. The summed E-state index contributed by atoms with van der Waals surface area (Å²) in [6.45, 7) is 1.78. The average molecular weight is 359 g/mol. The van der Waals surface area contributed by atoms with Gasteiger partial charge in [-0.3, -0.25) is 4.79 Å². The maximum Gasteiger partial charge on any atom is 0.242 e. The lowest BCUT2D eigenvalue weighted by Gasteiger charge is -2.15. The van der Waals surface area contributed by atoms with Crippen molar-refractivity contribution < 1.29 is 18.0 Å². The molecule has 2 N–H and O–H groups in total. The zero-order valence-corrected chi connectivity index (χ0v) is 12.7. The maximum atomic E-state index is 13.7. The molecular weight excluding hydrogens is 346 g/mol. The molecule has 0 spiro atoms. The molecule has 0 fully saturated rings. The minimum Gasteiger partial charge on any atom is -0.467 e. The van der Waals surface area contributed by atoms with E-state index >= 15 is 0 Å². The molecular formula is C14H13BrF2N2O2. The van der Waals surface area contributed by atoms with Crippen molar-refractivity contribution in [3.63, 3.8) is 0 Å². The molecule has 21 heavy (non-hydrogen) atoms. The Balaban J connectivity index is 1.95. The van der Waals surface area contributed by atoms with Crippen molar-refractivity contribution in [1.29, 1.82) is 0 Å². The van der Waals surface area contributed by atoms with Gasteiger partial charge in [0.15, 0.2) is 0 Å². The highest BCUT2D eigenvalue weighted by Gasteiger charge is 2.16. The summed E-state index contributed by atoms with van der Waals surface area (Å²) in [5.41, 5.74) is -0.0728. The summed E-state index contributed by atoms with van der Waals surface area (Å²) in [7, 11) is 0. The summed E-state index contributed by atoms with van der Waals surface area (Å²) in [6.07, 6.45) is 1.50. The molecule has 1 atom stereocenters. The number of nitrogens with one attached hydrogen (secondary N) is 2. The first-order valence-electron chi connectivity index (χ1n) is 6.18. The first kappa shape index (κ1) is 15.5. The van der Waals surface area contributed by atoms with Gasteiger partial charge in [-0.25, -0.2) is 8.78 Å². The first-order valence-corrected chi connectivity index (χ1v) is 6.98. The van der Waals surface area contributed by atoms with Crippen LogP contribution in [0.25, 0.3) is 0 Å². The van der Waals surface area contributed by atoms with E-state index in [-0.39, 0.29) is 22.6 Å². The smallest absolute Gasteiger partial charge is 0.242 e. The largest absolute Gasteiger partial charge is 0.467 e. The van der Waals surface area contributed by atoms with E-state index in [1.807, 2.05) is 0 Å². The molecule has 0 saturated carbocycles. The highest BCUT2D eigenvalue weighted by molar-refractivity contribution is 9.10. The number of rotatable bonds is 5. The number of amides is 1. The number of benzene rings is 1. The summed E-state index contributed by atoms with van der Waals surface area (Å²) < 4.78 is 32.1. The lowest BCUT2D eigenvalue weighted by atomic mass is 10.2. The molecule has 112 valence electrons. The Morgan fingerprint density at radius 2 is 2.14 bits per heavy atom. The minimum atomic E-state index is -0.727. The van der Waals surface area contributed by atoms with Crippen LogP contribution in [0.4, 0.5) is 14.5 Å². The second-order valence-corrected chi connectivity index (χ2v) is 5.26. The number of hydrogen-bond acceptors (Lipinski definition) is 3. The van der Waals surface area contributed by atoms with Crippen molar-refractivity contribution in [1.82, 2.24) is 5.32 Å². The number of carbonyl (C=O) groups excluding carboxylic acids is 1. The third-order valence-electron chi connectivity index (χ3n) is 2.79. The molecule has 1 aromatic heterocycles. The second-order valence-electron chi connectivity index (χ2n) is 4.41. The summed E-state index contributed by atoms with van der Waals surface area (Å²) in [5, 5.41) is 5.26. The van der Waals surface area contributed by atoms with Gasteiger partial charge in [0.05, 0.1) is 23.0 Å². The number of carbonyl (C=O) groups is 1. The van der Waals surface area contributed by atoms with Crippen LogP contribution < -0.4 is 10.6 Å². The fourth-order valence-electron chi connectivity index (χ4n) is 1.67. The molecule has 1 unspecified atom stereocenters. The van der Waals surface area contributed by atoms with E-state index < -0.39 is 17.7 Å². The van der Waals surface area contributed by atoms with E-state index in [4.69, 9.17) is 4.42 Å². The molecule has 0 radical (unpaired) electrons. The molecule has 0 saturated heterocycles. The fraction of sp³-hybridized carbons (Fsp3) is 0.214. The van der Waals surface area contributed by atoms with Gasteiger partial charge in [0.2, 0.25) is 5.91 Å². The zero-order valence-electron chi connectivity index (χ0n) is 11.1. The highest BCUT2D eigenvalue weighted by atomic mass is 79.9. The molecule has 0 aliphatic heterocycles. The Morgan fingerprint density at radius 1 is 1.38 bits per heavy atom. The Labute approximate surface area is 128 Å². The third kappa shape index (κ3) is 4.04. The zero-order chi connectivity index (χ0) is 15.4. The van der Waals surface area contributed by atoms with Gasteiger partial charge in [0.1, 0.15) is 23.4 Å². The number of hydrogen-bond donors (Lipinski definition) is 2. The van der Waals surface area contributed by atoms with E-state index in [9.17, 15) is 13.6 Å². The molecule has 0 aliphatic rings. The normalized spacial score (nSPS) is 12.0. The van der Waals surface area contributed by atoms with Gasteiger partial charge in [-0.15, -0.1) is 0 Å². The molecule has 1 heterocycles. The fourth-order valence-corrected chi connectivity index (χ4v) is 1.99. The summed E-state index contributed by atoms with van der Waals surface area (Å²) in [5.74, 6) is -0.999. The summed E-state index contributed by atoms with van der Waals surface area (Å²) in [6, 6.07) is 4.71. The summed E-state index contributed by atoms with van der Waals surface area (Å²) >= 11 is 2.89. The topological polar surface area (TPSA) is 54.3 Å². The van der Waals surface area contributed by atoms with Crippen molar-refractivity contribution in [2.45, 2.75) is 19.5 Å². The molecule has 0 aliphatic carbocycles. The van der Waals surface area contributed by atoms with Gasteiger partial charge in [-0.2, -0.15) is 0 Å². The Kier molecular flexibility index (Phi) is 4.95. The lowest BCUT2D eigenvalue weighted by Crippen LogP contribution is -2.37. The van der Waals surface area contributed by atoms with Crippen LogP contribution in [0.2, 0.25) is 0 Å². The van der Waals surface area contributed by atoms with Gasteiger partial charge in [-0.1, -0.05) is 0 Å². The van der Waals surface area contributed by atoms with Crippen LogP contribution in [0, 0.1) is 11.6 Å². The van der Waals surface area contributed by atoms with Crippen LogP contribution in [-0.4, -0.2) is 11.9 Å². The van der Waals surface area contributed by atoms with Gasteiger partial charge in [-0.05, 0) is 41.1 Å². The minimum absolute atomic E-state index is 0.0282. The van der Waals surface area contributed by atoms with Crippen LogP contribution in [-0.2, 0) is 11.3 Å². The molecule has 1 aromatic carbocycles. The Bertz CT molecular complexity index is 632. The monoisotopic (exact) mass is 358 g/mol. The van der Waals surface area contributed by atoms with Crippen LogP contribution in [0.1, 0.15) is 12.7 Å². The van der Waals surface area contributed by atoms with Crippen molar-refractivity contribution >= 4 is 27.5 Å². The Hall–Kier alpha value is -1.89. The second kappa shape index (κ2) is 6.71. The summed E-state index contributed by atoms with van der Waals surface area (Å²) in [4.78, 5) is 11.9. The van der Waals surface area contributed by atoms with Gasteiger partial charge < -0.3 is 15.1 Å². The van der Waals surface area contributed by atoms with Gasteiger partial charge in [0.25, 0.3) is 0 Å². The lowest BCUT2D eigenvalue weighted by molar-refractivity contribution is -0.121. The molecule has 4 nitrogen and oxygen atoms in total. The Morgan fingerprint density at radius 3 is 2.81 bits per heavy atom. The molecule has 1 amide bonds. The third-order valence-corrected chi connectivity index (χ3v) is 3.40. The van der Waals surface area contributed by atoms with Gasteiger partial charge >= 0.3 is 0 Å². The van der Waals surface area contributed by atoms with E-state index in [1.165, 1.54) is 6.26 Å². The van der Waals surface area contributed by atoms with Crippen LogP contribution in [0.15, 0.2) is 39.4 Å². The van der Waals surface area contributed by atoms with E-state index in [1.54, 1.807) is 19.1 Å². The predicted molar refractivity (Wildman–Crippen MR) is 77.7 cm³/mol. The predicted octanol–water partition coefficient (Wildman–Crippen LogP) is 3.44. The maximum absolute atomic E-state index is 13.7. The average Bonchev–Trinajstić information content (AvgIpc) is 2.95. The van der Waals surface area contributed by atoms with Crippen molar-refractivity contribution in [2.75, 3.05) is 5.32 Å². The van der Waals surface area contributed by atoms with Crippen LogP contribution >= 0.6 is 15.9 Å². The quantitative estimate of drug-likeness (QED) is 0.805. The van der Waals surface area contributed by atoms with Crippen molar-refractivity contribution in [2.24, 2.45) is 0 Å². The first-order chi connectivity index (χ1) is 9.97. The number of furan rings is 1. The van der Waals surface area contributed by atoms with Crippen LogP contribution in [0.5, 0.6) is 0 Å². The molecule has 7 heteroatoms. The van der Waals surface area contributed by atoms with Crippen molar-refractivity contribution in [3.05, 3.63) is 52.4 Å². The SMILES string of the molecule is CC(Nc1cc(F)c(Br)cc1F)C(=O)NCc1ccco1. The highest BCUT2D eigenvalue weighted by Crippen LogP contribution is 2.23. The molecule has 2 aromatic rings. The number of anilines is 1. The van der Waals surface area contributed by atoms with Gasteiger partial charge in [0, 0.05) is 6.07 Å². The number of halogens is 3. The van der Waals surface area contributed by atoms with Crippen molar-refractivity contribution in [3.8, 4) is 0 Å². The van der Waals surface area contributed by atoms with E-state index in [0.717, 1.165) is 12.1 Å². The standard InChI is InChI=1S/C14H13BrF2N2O2/c1-8(14(20)18-7-9-3-2-4-21-9)19-13-6-11(16)10(15)5-12(13)17/h2-6,8,19H,7H2,1H3,(H,18,20). The van der Waals surface area contributed by atoms with Crippen LogP contribution in [0.3, 0.4) is 0 Å². The van der Waals surface area contributed by atoms with E-state index in [0.29, 0.717) is 5.76 Å².